The van der Waals surface area contributed by atoms with Crippen molar-refractivity contribution in [1.29, 1.82) is 0 Å². The van der Waals surface area contributed by atoms with E-state index in [4.69, 9.17) is 11.6 Å². The second-order valence-electron chi connectivity index (χ2n) is 4.59. The van der Waals surface area contributed by atoms with Gasteiger partial charge >= 0.3 is 0 Å². The Labute approximate surface area is 120 Å². The van der Waals surface area contributed by atoms with Crippen LogP contribution in [0.15, 0.2) is 22.7 Å². The first kappa shape index (κ1) is 13.8. The van der Waals surface area contributed by atoms with Crippen LogP contribution in [0.25, 0.3) is 0 Å². The van der Waals surface area contributed by atoms with Crippen LogP contribution in [0, 0.1) is 5.92 Å². The molecule has 3 nitrogen and oxygen atoms in total. The van der Waals surface area contributed by atoms with E-state index >= 15 is 0 Å². The molecule has 1 heterocycles. The first-order chi connectivity index (χ1) is 8.65. The number of amides is 1. The number of carbonyl (C=O) groups is 1. The molecule has 98 valence electrons. The van der Waals surface area contributed by atoms with Gasteiger partial charge in [0, 0.05) is 10.9 Å². The number of benzene rings is 1. The van der Waals surface area contributed by atoms with Gasteiger partial charge in [0.25, 0.3) is 0 Å². The van der Waals surface area contributed by atoms with E-state index in [1.54, 1.807) is 6.07 Å². The molecule has 0 aromatic heterocycles. The molecular formula is C13H16BrClN2O. The maximum Gasteiger partial charge on any atom is 0.224 e. The number of piperidine rings is 1. The van der Waals surface area contributed by atoms with Crippen molar-refractivity contribution in [3.63, 3.8) is 0 Å². The lowest BCUT2D eigenvalue weighted by molar-refractivity contribution is -0.117. The smallest absolute Gasteiger partial charge is 0.224 e. The van der Waals surface area contributed by atoms with Gasteiger partial charge in [0.2, 0.25) is 5.91 Å². The fourth-order valence-corrected chi connectivity index (χ4v) is 2.87. The molecule has 0 radical (unpaired) electrons. The Bertz CT molecular complexity index is 433. The summed E-state index contributed by atoms with van der Waals surface area (Å²) >= 11 is 9.40. The molecule has 0 saturated carbocycles. The molecule has 18 heavy (non-hydrogen) atoms. The maximum absolute atomic E-state index is 11.9. The van der Waals surface area contributed by atoms with E-state index in [0.717, 1.165) is 30.4 Å². The molecule has 2 rings (SSSR count). The van der Waals surface area contributed by atoms with Gasteiger partial charge in [0.05, 0.1) is 10.7 Å². The average Bonchev–Trinajstić information content (AvgIpc) is 2.34. The molecule has 5 heteroatoms. The Morgan fingerprint density at radius 2 is 2.39 bits per heavy atom. The maximum atomic E-state index is 11.9. The molecule has 1 amide bonds. The summed E-state index contributed by atoms with van der Waals surface area (Å²) in [5.41, 5.74) is 0.675. The van der Waals surface area contributed by atoms with E-state index in [0.29, 0.717) is 23.0 Å². The molecule has 0 spiro atoms. The molecule has 0 bridgehead atoms. The first-order valence-corrected chi connectivity index (χ1v) is 7.28. The van der Waals surface area contributed by atoms with Gasteiger partial charge in [0.1, 0.15) is 0 Å². The van der Waals surface area contributed by atoms with Crippen LogP contribution in [0.1, 0.15) is 19.3 Å². The number of anilines is 1. The summed E-state index contributed by atoms with van der Waals surface area (Å²) in [6.07, 6.45) is 2.82. The Morgan fingerprint density at radius 3 is 3.06 bits per heavy atom. The Hall–Kier alpha value is -0.580. The highest BCUT2D eigenvalue weighted by molar-refractivity contribution is 9.10. The molecule has 1 aromatic carbocycles. The molecule has 1 atom stereocenters. The van der Waals surface area contributed by atoms with E-state index in [9.17, 15) is 4.79 Å². The summed E-state index contributed by atoms with van der Waals surface area (Å²) in [7, 11) is 0. The Kier molecular flexibility index (Phi) is 5.03. The van der Waals surface area contributed by atoms with E-state index in [1.807, 2.05) is 12.1 Å². The van der Waals surface area contributed by atoms with E-state index in [2.05, 4.69) is 26.6 Å². The van der Waals surface area contributed by atoms with Crippen molar-refractivity contribution in [3.05, 3.63) is 27.7 Å². The summed E-state index contributed by atoms with van der Waals surface area (Å²) < 4.78 is 0.905. The van der Waals surface area contributed by atoms with Gasteiger partial charge in [-0.3, -0.25) is 4.79 Å². The van der Waals surface area contributed by atoms with Gasteiger partial charge in [-0.15, -0.1) is 0 Å². The molecule has 1 aliphatic heterocycles. The summed E-state index contributed by atoms with van der Waals surface area (Å²) in [6.45, 7) is 2.00. The van der Waals surface area contributed by atoms with Crippen LogP contribution in [0.2, 0.25) is 5.02 Å². The molecule has 1 saturated heterocycles. The summed E-state index contributed by atoms with van der Waals surface area (Å²) in [6, 6.07) is 5.45. The Balaban J connectivity index is 1.90. The molecule has 1 aromatic rings. The van der Waals surface area contributed by atoms with Crippen LogP contribution in [-0.2, 0) is 4.79 Å². The van der Waals surface area contributed by atoms with Crippen molar-refractivity contribution >= 4 is 39.1 Å². The lowest BCUT2D eigenvalue weighted by Gasteiger charge is -2.22. The monoisotopic (exact) mass is 330 g/mol. The van der Waals surface area contributed by atoms with Crippen LogP contribution < -0.4 is 10.6 Å². The van der Waals surface area contributed by atoms with Crippen molar-refractivity contribution in [2.24, 2.45) is 5.92 Å². The quantitative estimate of drug-likeness (QED) is 0.891. The van der Waals surface area contributed by atoms with Crippen molar-refractivity contribution in [3.8, 4) is 0 Å². The van der Waals surface area contributed by atoms with Crippen LogP contribution in [0.4, 0.5) is 5.69 Å². The van der Waals surface area contributed by atoms with Crippen molar-refractivity contribution in [1.82, 2.24) is 5.32 Å². The highest BCUT2D eigenvalue weighted by Crippen LogP contribution is 2.26. The molecule has 0 aliphatic carbocycles. The third kappa shape index (κ3) is 3.97. The highest BCUT2D eigenvalue weighted by atomic mass is 79.9. The fraction of sp³-hybridized carbons (Fsp3) is 0.462. The number of hydrogen-bond donors (Lipinski definition) is 2. The summed E-state index contributed by atoms with van der Waals surface area (Å²) in [5, 5.41) is 6.73. The van der Waals surface area contributed by atoms with Crippen LogP contribution in [0.5, 0.6) is 0 Å². The predicted octanol–water partition coefficient (Wildman–Crippen LogP) is 3.43. The average molecular weight is 332 g/mol. The predicted molar refractivity (Wildman–Crippen MR) is 78.0 cm³/mol. The normalized spacial score (nSPS) is 19.6. The minimum absolute atomic E-state index is 0.0351. The first-order valence-electron chi connectivity index (χ1n) is 6.11. The molecule has 1 unspecified atom stereocenters. The number of halogens is 2. The zero-order chi connectivity index (χ0) is 13.0. The summed E-state index contributed by atoms with van der Waals surface area (Å²) in [4.78, 5) is 11.9. The second kappa shape index (κ2) is 6.55. The van der Waals surface area contributed by atoms with Gasteiger partial charge in [-0.1, -0.05) is 27.5 Å². The largest absolute Gasteiger partial charge is 0.325 e. The highest BCUT2D eigenvalue weighted by Gasteiger charge is 2.17. The molecule has 2 N–H and O–H groups in total. The zero-order valence-electron chi connectivity index (χ0n) is 10.0. The topological polar surface area (TPSA) is 41.1 Å². The van der Waals surface area contributed by atoms with Gasteiger partial charge in [-0.05, 0) is 50.0 Å². The minimum atomic E-state index is 0.0351. The third-order valence-electron chi connectivity index (χ3n) is 3.08. The van der Waals surface area contributed by atoms with Gasteiger partial charge in [-0.25, -0.2) is 0 Å². The number of hydrogen-bond acceptors (Lipinski definition) is 2. The van der Waals surface area contributed by atoms with Crippen LogP contribution in [0.3, 0.4) is 0 Å². The number of nitrogens with one attached hydrogen (secondary N) is 2. The SMILES string of the molecule is O=C(CC1CCCNC1)Nc1ccc(Br)cc1Cl. The molecule has 1 fully saturated rings. The molecule has 1 aliphatic rings. The Morgan fingerprint density at radius 1 is 1.56 bits per heavy atom. The van der Waals surface area contributed by atoms with Crippen molar-refractivity contribution in [2.45, 2.75) is 19.3 Å². The number of rotatable bonds is 3. The van der Waals surface area contributed by atoms with Crippen LogP contribution >= 0.6 is 27.5 Å². The van der Waals surface area contributed by atoms with Gasteiger partial charge in [0.15, 0.2) is 0 Å². The van der Waals surface area contributed by atoms with Crippen LogP contribution in [-0.4, -0.2) is 19.0 Å². The molecular weight excluding hydrogens is 316 g/mol. The standard InChI is InChI=1S/C13H16BrClN2O/c14-10-3-4-12(11(15)7-10)17-13(18)6-9-2-1-5-16-8-9/h3-4,7,9,16H,1-2,5-6,8H2,(H,17,18). The van der Waals surface area contributed by atoms with E-state index < -0.39 is 0 Å². The van der Waals surface area contributed by atoms with E-state index in [-0.39, 0.29) is 5.91 Å². The van der Waals surface area contributed by atoms with Crippen molar-refractivity contribution < 1.29 is 4.79 Å². The van der Waals surface area contributed by atoms with Crippen molar-refractivity contribution in [2.75, 3.05) is 18.4 Å². The lowest BCUT2D eigenvalue weighted by atomic mass is 9.96. The summed E-state index contributed by atoms with van der Waals surface area (Å²) in [5.74, 6) is 0.473. The number of carbonyl (C=O) groups excluding carboxylic acids is 1. The fourth-order valence-electron chi connectivity index (χ4n) is 2.15. The lowest BCUT2D eigenvalue weighted by Crippen LogP contribution is -2.32. The zero-order valence-corrected chi connectivity index (χ0v) is 12.4. The minimum Gasteiger partial charge on any atom is -0.325 e. The van der Waals surface area contributed by atoms with E-state index in [1.165, 1.54) is 0 Å². The third-order valence-corrected chi connectivity index (χ3v) is 3.88. The van der Waals surface area contributed by atoms with Gasteiger partial charge < -0.3 is 10.6 Å². The second-order valence-corrected chi connectivity index (χ2v) is 5.91. The van der Waals surface area contributed by atoms with Gasteiger partial charge in [-0.2, -0.15) is 0 Å².